The molecule has 7 nitrogen and oxygen atoms in total. The number of rotatable bonds is 7. The fraction of sp³-hybridized carbons (Fsp3) is 0.357. The molecule has 2 rings (SSSR count). The molecule has 2 heterocycles. The van der Waals surface area contributed by atoms with E-state index in [1.807, 2.05) is 5.32 Å². The molecule has 0 radical (unpaired) electrons. The van der Waals surface area contributed by atoms with Crippen molar-refractivity contribution in [3.05, 3.63) is 23.8 Å². The Bertz CT molecular complexity index is 570. The number of hydrogen-bond donors (Lipinski definition) is 1. The molecule has 0 saturated heterocycles. The highest BCUT2D eigenvalue weighted by atomic mass is 16.2. The van der Waals surface area contributed by atoms with E-state index in [2.05, 4.69) is 0 Å². The summed E-state index contributed by atoms with van der Waals surface area (Å²) in [4.78, 5) is 57.6. The molecule has 0 saturated carbocycles. The number of Topliss-reactive ketones (excluding diaryl/α,β-unsaturated/α-hetero) is 1. The smallest absolute Gasteiger partial charge is 0.261 e. The molecular formula is C14H14N2O5. The van der Waals surface area contributed by atoms with Crippen molar-refractivity contribution >= 4 is 29.4 Å². The number of carbonyl (C=O) groups is 5. The number of unbranched alkanes of at least 4 members (excludes halogenated alkanes) is 2. The Hall–Kier alpha value is -2.57. The van der Waals surface area contributed by atoms with Gasteiger partial charge in [-0.1, -0.05) is 6.42 Å². The molecule has 7 heteroatoms. The van der Waals surface area contributed by atoms with Crippen molar-refractivity contribution in [3.8, 4) is 0 Å². The highest BCUT2D eigenvalue weighted by molar-refractivity contribution is 6.30. The second-order valence-corrected chi connectivity index (χ2v) is 4.77. The number of nitrogens with one attached hydrogen (secondary N) is 1. The molecule has 0 aliphatic carbocycles. The highest BCUT2D eigenvalue weighted by Gasteiger charge is 2.26. The lowest BCUT2D eigenvalue weighted by molar-refractivity contribution is -0.137. The van der Waals surface area contributed by atoms with Gasteiger partial charge in [0.25, 0.3) is 23.6 Å². The summed E-state index contributed by atoms with van der Waals surface area (Å²) < 4.78 is 0. The molecular weight excluding hydrogens is 276 g/mol. The minimum atomic E-state index is -0.649. The third-order valence-electron chi connectivity index (χ3n) is 3.24. The summed E-state index contributed by atoms with van der Waals surface area (Å²) >= 11 is 0. The minimum Gasteiger partial charge on any atom is -0.294 e. The molecule has 4 amide bonds. The second-order valence-electron chi connectivity index (χ2n) is 4.77. The molecule has 0 aromatic carbocycles. The Morgan fingerprint density at radius 1 is 1.00 bits per heavy atom. The average Bonchev–Trinajstić information content (AvgIpc) is 2.93. The maximum absolute atomic E-state index is 11.7. The van der Waals surface area contributed by atoms with Gasteiger partial charge >= 0.3 is 0 Å². The Morgan fingerprint density at radius 3 is 2.24 bits per heavy atom. The van der Waals surface area contributed by atoms with Crippen LogP contribution in [-0.4, -0.2) is 40.9 Å². The maximum Gasteiger partial charge on any atom is 0.261 e. The van der Waals surface area contributed by atoms with Gasteiger partial charge in [-0.15, -0.1) is 0 Å². The number of nitrogens with zero attached hydrogens (tertiary/aromatic N) is 1. The van der Waals surface area contributed by atoms with Crippen LogP contribution in [0, 0.1) is 0 Å². The standard InChI is InChI=1S/C14H14N2O5/c17-10(9-8-11(18)15-14(9)21)4-2-1-3-7-16-12(19)5-6-13(16)20/h5-6,8H,1-4,7H2,(H,15,18,21). The van der Waals surface area contributed by atoms with E-state index in [0.29, 0.717) is 25.8 Å². The van der Waals surface area contributed by atoms with Gasteiger partial charge in [0.1, 0.15) is 0 Å². The summed E-state index contributed by atoms with van der Waals surface area (Å²) in [5.74, 6) is -2.22. The Labute approximate surface area is 120 Å². The van der Waals surface area contributed by atoms with E-state index in [-0.39, 0.29) is 29.6 Å². The number of carbonyl (C=O) groups excluding carboxylic acids is 5. The van der Waals surface area contributed by atoms with Gasteiger partial charge in [0.15, 0.2) is 5.78 Å². The molecule has 0 aromatic rings. The predicted octanol–water partition coefficient (Wildman–Crippen LogP) is -0.376. The number of hydrogen-bond acceptors (Lipinski definition) is 5. The zero-order valence-electron chi connectivity index (χ0n) is 11.3. The lowest BCUT2D eigenvalue weighted by Gasteiger charge is -2.12. The lowest BCUT2D eigenvalue weighted by atomic mass is 10.1. The molecule has 0 fully saturated rings. The Balaban J connectivity index is 1.66. The zero-order chi connectivity index (χ0) is 15.4. The van der Waals surface area contributed by atoms with Gasteiger partial charge in [-0.2, -0.15) is 0 Å². The largest absolute Gasteiger partial charge is 0.294 e. The summed E-state index contributed by atoms with van der Waals surface area (Å²) in [7, 11) is 0. The van der Waals surface area contributed by atoms with Crippen LogP contribution in [0.1, 0.15) is 25.7 Å². The Morgan fingerprint density at radius 2 is 1.67 bits per heavy atom. The molecule has 1 N–H and O–H groups in total. The van der Waals surface area contributed by atoms with Crippen LogP contribution in [0.5, 0.6) is 0 Å². The second kappa shape index (κ2) is 6.25. The van der Waals surface area contributed by atoms with E-state index in [1.165, 1.54) is 12.2 Å². The van der Waals surface area contributed by atoms with Crippen LogP contribution < -0.4 is 5.32 Å². The van der Waals surface area contributed by atoms with E-state index in [1.54, 1.807) is 0 Å². The van der Waals surface area contributed by atoms with Crippen molar-refractivity contribution in [1.29, 1.82) is 0 Å². The first kappa shape index (κ1) is 14.8. The van der Waals surface area contributed by atoms with Gasteiger partial charge in [-0.25, -0.2) is 0 Å². The van der Waals surface area contributed by atoms with Crippen molar-refractivity contribution in [1.82, 2.24) is 10.2 Å². The van der Waals surface area contributed by atoms with E-state index in [0.717, 1.165) is 11.0 Å². The van der Waals surface area contributed by atoms with Crippen LogP contribution in [0.4, 0.5) is 0 Å². The monoisotopic (exact) mass is 290 g/mol. The van der Waals surface area contributed by atoms with Crippen LogP contribution in [0.3, 0.4) is 0 Å². The van der Waals surface area contributed by atoms with Gasteiger partial charge in [-0.3, -0.25) is 34.2 Å². The summed E-state index contributed by atoms with van der Waals surface area (Å²) in [5.41, 5.74) is -0.103. The number of amides is 4. The first-order valence-corrected chi connectivity index (χ1v) is 6.63. The molecule has 0 bridgehead atoms. The van der Waals surface area contributed by atoms with Crippen LogP contribution in [0.15, 0.2) is 23.8 Å². The summed E-state index contributed by atoms with van der Waals surface area (Å²) in [5, 5.41) is 2.02. The normalized spacial score (nSPS) is 17.5. The van der Waals surface area contributed by atoms with E-state index in [4.69, 9.17) is 0 Å². The molecule has 0 unspecified atom stereocenters. The van der Waals surface area contributed by atoms with Crippen LogP contribution in [-0.2, 0) is 24.0 Å². The first-order chi connectivity index (χ1) is 9.99. The highest BCUT2D eigenvalue weighted by Crippen LogP contribution is 2.11. The number of imide groups is 2. The summed E-state index contributed by atoms with van der Waals surface area (Å²) in [6, 6.07) is 0. The van der Waals surface area contributed by atoms with Crippen molar-refractivity contribution in [3.63, 3.8) is 0 Å². The molecule has 0 spiro atoms. The first-order valence-electron chi connectivity index (χ1n) is 6.63. The topological polar surface area (TPSA) is 101 Å². The summed E-state index contributed by atoms with van der Waals surface area (Å²) in [6.07, 6.45) is 5.40. The quantitative estimate of drug-likeness (QED) is 0.391. The predicted molar refractivity (Wildman–Crippen MR) is 70.6 cm³/mol. The van der Waals surface area contributed by atoms with Crippen molar-refractivity contribution in [2.45, 2.75) is 25.7 Å². The van der Waals surface area contributed by atoms with Gasteiger partial charge in [0, 0.05) is 31.2 Å². The fourth-order valence-electron chi connectivity index (χ4n) is 2.14. The SMILES string of the molecule is O=C1C=C(C(=O)CCCCCN2C(=O)C=CC2=O)C(=O)N1. The van der Waals surface area contributed by atoms with E-state index < -0.39 is 11.8 Å². The third-order valence-corrected chi connectivity index (χ3v) is 3.24. The van der Waals surface area contributed by atoms with Gasteiger partial charge in [0.05, 0.1) is 5.57 Å². The van der Waals surface area contributed by atoms with Crippen LogP contribution in [0.25, 0.3) is 0 Å². The maximum atomic E-state index is 11.7. The van der Waals surface area contributed by atoms with Crippen molar-refractivity contribution in [2.75, 3.05) is 6.54 Å². The number of ketones is 1. The van der Waals surface area contributed by atoms with Crippen molar-refractivity contribution < 1.29 is 24.0 Å². The zero-order valence-corrected chi connectivity index (χ0v) is 11.3. The van der Waals surface area contributed by atoms with Gasteiger partial charge in [-0.05, 0) is 12.8 Å². The van der Waals surface area contributed by atoms with Crippen molar-refractivity contribution in [2.24, 2.45) is 0 Å². The van der Waals surface area contributed by atoms with E-state index in [9.17, 15) is 24.0 Å². The summed E-state index contributed by atoms with van der Waals surface area (Å²) in [6.45, 7) is 0.320. The molecule has 2 aliphatic heterocycles. The van der Waals surface area contributed by atoms with Crippen LogP contribution in [0.2, 0.25) is 0 Å². The fourth-order valence-corrected chi connectivity index (χ4v) is 2.14. The van der Waals surface area contributed by atoms with Gasteiger partial charge in [0.2, 0.25) is 0 Å². The molecule has 21 heavy (non-hydrogen) atoms. The minimum absolute atomic E-state index is 0.103. The van der Waals surface area contributed by atoms with E-state index >= 15 is 0 Å². The van der Waals surface area contributed by atoms with Crippen LogP contribution >= 0.6 is 0 Å². The molecule has 0 atom stereocenters. The molecule has 0 aromatic heterocycles. The average molecular weight is 290 g/mol. The lowest BCUT2D eigenvalue weighted by Crippen LogP contribution is -2.30. The molecule has 2 aliphatic rings. The van der Waals surface area contributed by atoms with Gasteiger partial charge < -0.3 is 0 Å². The third kappa shape index (κ3) is 3.50. The Kier molecular flexibility index (Phi) is 4.42. The molecule has 110 valence electrons.